The first kappa shape index (κ1) is 19.2. The number of halogens is 1. The Bertz CT molecular complexity index is 1130. The van der Waals surface area contributed by atoms with Crippen LogP contribution in [-0.2, 0) is 0 Å². The summed E-state index contributed by atoms with van der Waals surface area (Å²) in [5, 5.41) is 0. The quantitative estimate of drug-likeness (QED) is 0.374. The molecule has 3 aromatic rings. The van der Waals surface area contributed by atoms with Gasteiger partial charge in [0.25, 0.3) is 0 Å². The van der Waals surface area contributed by atoms with Crippen LogP contribution in [0.5, 0.6) is 11.5 Å². The highest BCUT2D eigenvalue weighted by molar-refractivity contribution is 9.10. The highest BCUT2D eigenvalue weighted by Gasteiger charge is 2.27. The Morgan fingerprint density at radius 1 is 1.07 bits per heavy atom. The average molecular weight is 449 g/mol. The molecule has 0 atom stereocenters. The molecule has 0 radical (unpaired) electrons. The third-order valence-corrected chi connectivity index (χ3v) is 5.05. The summed E-state index contributed by atoms with van der Waals surface area (Å²) in [5.74, 6) is 0.879. The van der Waals surface area contributed by atoms with E-state index < -0.39 is 0 Å². The molecular weight excluding hydrogens is 432 g/mol. The first-order valence-corrected chi connectivity index (χ1v) is 9.85. The van der Waals surface area contributed by atoms with E-state index in [0.717, 1.165) is 15.6 Å². The highest BCUT2D eigenvalue weighted by Crippen LogP contribution is 2.35. The number of allylic oxidation sites excluding steroid dienone is 1. The molecule has 0 saturated carbocycles. The van der Waals surface area contributed by atoms with Crippen LogP contribution in [0, 0.1) is 6.92 Å². The fourth-order valence-electron chi connectivity index (χ4n) is 3.04. The molecule has 144 valence electrons. The molecular formula is C24H17BrO4. The Hall–Kier alpha value is -3.18. The molecule has 0 spiro atoms. The smallest absolute Gasteiger partial charge is 0.231 e. The van der Waals surface area contributed by atoms with Gasteiger partial charge in [0, 0.05) is 16.1 Å². The fourth-order valence-corrected chi connectivity index (χ4v) is 3.30. The Morgan fingerprint density at radius 2 is 1.86 bits per heavy atom. The third-order valence-electron chi connectivity index (χ3n) is 4.52. The summed E-state index contributed by atoms with van der Waals surface area (Å²) < 4.78 is 12.3. The number of benzene rings is 3. The number of carbonyl (C=O) groups is 2. The molecule has 4 nitrogen and oxygen atoms in total. The van der Waals surface area contributed by atoms with Gasteiger partial charge in [0.1, 0.15) is 11.5 Å². The SMILES string of the molecule is Cc1cccc(C=C2Oc3cc(OCC(=O)c4ccc(Br)cc4)ccc3C2=O)c1. The van der Waals surface area contributed by atoms with Gasteiger partial charge in [-0.3, -0.25) is 9.59 Å². The zero-order valence-electron chi connectivity index (χ0n) is 15.6. The number of hydrogen-bond donors (Lipinski definition) is 0. The van der Waals surface area contributed by atoms with Gasteiger partial charge in [0.05, 0.1) is 5.56 Å². The first-order valence-electron chi connectivity index (χ1n) is 9.06. The third kappa shape index (κ3) is 4.30. The van der Waals surface area contributed by atoms with E-state index in [1.54, 1.807) is 36.4 Å². The molecule has 0 bridgehead atoms. The lowest BCUT2D eigenvalue weighted by Gasteiger charge is -2.07. The summed E-state index contributed by atoms with van der Waals surface area (Å²) in [4.78, 5) is 24.8. The van der Waals surface area contributed by atoms with E-state index in [1.807, 2.05) is 43.3 Å². The first-order chi connectivity index (χ1) is 14.0. The summed E-state index contributed by atoms with van der Waals surface area (Å²) in [7, 11) is 0. The lowest BCUT2D eigenvalue weighted by molar-refractivity contribution is 0.0921. The molecule has 0 fully saturated rings. The molecule has 1 aliphatic rings. The second-order valence-corrected chi connectivity index (χ2v) is 7.65. The number of hydrogen-bond acceptors (Lipinski definition) is 4. The van der Waals surface area contributed by atoms with E-state index in [1.165, 1.54) is 0 Å². The number of fused-ring (bicyclic) bond motifs is 1. The number of aryl methyl sites for hydroxylation is 1. The molecule has 5 heteroatoms. The predicted octanol–water partition coefficient (Wildman–Crippen LogP) is 5.64. The van der Waals surface area contributed by atoms with Gasteiger partial charge in [-0.2, -0.15) is 0 Å². The number of carbonyl (C=O) groups excluding carboxylic acids is 2. The van der Waals surface area contributed by atoms with E-state index in [2.05, 4.69) is 15.9 Å². The fraction of sp³-hybridized carbons (Fsp3) is 0.0833. The predicted molar refractivity (Wildman–Crippen MR) is 115 cm³/mol. The second-order valence-electron chi connectivity index (χ2n) is 6.73. The van der Waals surface area contributed by atoms with Crippen LogP contribution in [0.4, 0.5) is 0 Å². The molecule has 0 aliphatic carbocycles. The molecule has 1 heterocycles. The normalized spacial score (nSPS) is 13.9. The summed E-state index contributed by atoms with van der Waals surface area (Å²) in [5.41, 5.74) is 3.06. The minimum atomic E-state index is -0.168. The van der Waals surface area contributed by atoms with Crippen LogP contribution in [0.25, 0.3) is 6.08 Å². The zero-order chi connectivity index (χ0) is 20.4. The van der Waals surface area contributed by atoms with E-state index in [4.69, 9.17) is 9.47 Å². The van der Waals surface area contributed by atoms with Gasteiger partial charge in [-0.15, -0.1) is 0 Å². The highest BCUT2D eigenvalue weighted by atomic mass is 79.9. The number of ketones is 2. The maximum atomic E-state index is 12.6. The van der Waals surface area contributed by atoms with Crippen molar-refractivity contribution in [3.63, 3.8) is 0 Å². The Morgan fingerprint density at radius 3 is 2.62 bits per heavy atom. The molecule has 3 aromatic carbocycles. The van der Waals surface area contributed by atoms with E-state index in [9.17, 15) is 9.59 Å². The van der Waals surface area contributed by atoms with Crippen LogP contribution in [0.2, 0.25) is 0 Å². The Kier molecular flexibility index (Phi) is 5.32. The molecule has 0 saturated heterocycles. The van der Waals surface area contributed by atoms with Gasteiger partial charge in [0.15, 0.2) is 18.1 Å². The van der Waals surface area contributed by atoms with Gasteiger partial charge in [0.2, 0.25) is 5.78 Å². The van der Waals surface area contributed by atoms with Gasteiger partial charge in [-0.05, 0) is 42.8 Å². The van der Waals surface area contributed by atoms with Gasteiger partial charge in [-0.25, -0.2) is 0 Å². The summed E-state index contributed by atoms with van der Waals surface area (Å²) in [6.07, 6.45) is 1.73. The van der Waals surface area contributed by atoms with Crippen molar-refractivity contribution >= 4 is 33.6 Å². The van der Waals surface area contributed by atoms with Crippen LogP contribution in [0.1, 0.15) is 31.8 Å². The van der Waals surface area contributed by atoms with Crippen molar-refractivity contribution in [2.24, 2.45) is 0 Å². The van der Waals surface area contributed by atoms with Gasteiger partial charge < -0.3 is 9.47 Å². The molecule has 1 aliphatic heterocycles. The minimum Gasteiger partial charge on any atom is -0.485 e. The zero-order valence-corrected chi connectivity index (χ0v) is 17.2. The van der Waals surface area contributed by atoms with E-state index >= 15 is 0 Å². The minimum absolute atomic E-state index is 0.0969. The van der Waals surface area contributed by atoms with Crippen LogP contribution >= 0.6 is 15.9 Å². The molecule has 0 aromatic heterocycles. The standard InChI is InChI=1S/C24H17BrO4/c1-15-3-2-4-16(11-15)12-23-24(27)20-10-9-19(13-22(20)29-23)28-14-21(26)17-5-7-18(25)8-6-17/h2-13H,14H2,1H3. The maximum absolute atomic E-state index is 12.6. The number of rotatable bonds is 5. The Balaban J connectivity index is 1.47. The van der Waals surface area contributed by atoms with Crippen LogP contribution in [0.15, 0.2) is 77.0 Å². The molecule has 0 N–H and O–H groups in total. The van der Waals surface area contributed by atoms with Crippen molar-refractivity contribution in [3.8, 4) is 11.5 Å². The van der Waals surface area contributed by atoms with Crippen LogP contribution < -0.4 is 9.47 Å². The Labute approximate surface area is 176 Å². The van der Waals surface area contributed by atoms with Gasteiger partial charge in [-0.1, -0.05) is 57.9 Å². The summed E-state index contributed by atoms with van der Waals surface area (Å²) in [6, 6.07) is 19.9. The average Bonchev–Trinajstić information content (AvgIpc) is 3.01. The van der Waals surface area contributed by atoms with Crippen LogP contribution in [-0.4, -0.2) is 18.2 Å². The second kappa shape index (κ2) is 8.05. The van der Waals surface area contributed by atoms with Crippen molar-refractivity contribution in [1.82, 2.24) is 0 Å². The largest absolute Gasteiger partial charge is 0.485 e. The van der Waals surface area contributed by atoms with Crippen molar-refractivity contribution in [2.75, 3.05) is 6.61 Å². The van der Waals surface area contributed by atoms with Crippen molar-refractivity contribution in [3.05, 3.63) is 99.2 Å². The van der Waals surface area contributed by atoms with Gasteiger partial charge >= 0.3 is 0 Å². The molecule has 29 heavy (non-hydrogen) atoms. The van der Waals surface area contributed by atoms with Crippen LogP contribution in [0.3, 0.4) is 0 Å². The van der Waals surface area contributed by atoms with E-state index in [-0.39, 0.29) is 23.9 Å². The van der Waals surface area contributed by atoms with Crippen molar-refractivity contribution in [2.45, 2.75) is 6.92 Å². The topological polar surface area (TPSA) is 52.6 Å². The molecule has 0 unspecified atom stereocenters. The number of ether oxygens (including phenoxy) is 2. The summed E-state index contributed by atoms with van der Waals surface area (Å²) in [6.45, 7) is 1.90. The van der Waals surface area contributed by atoms with Crippen molar-refractivity contribution in [1.29, 1.82) is 0 Å². The van der Waals surface area contributed by atoms with Crippen molar-refractivity contribution < 1.29 is 19.1 Å². The molecule has 0 amide bonds. The lowest BCUT2D eigenvalue weighted by Crippen LogP contribution is -2.11. The van der Waals surface area contributed by atoms with E-state index in [0.29, 0.717) is 22.6 Å². The molecule has 4 rings (SSSR count). The number of Topliss-reactive ketones (excluding diaryl/α,β-unsaturated/α-hetero) is 2. The maximum Gasteiger partial charge on any atom is 0.231 e. The summed E-state index contributed by atoms with van der Waals surface area (Å²) >= 11 is 3.34. The lowest BCUT2D eigenvalue weighted by atomic mass is 10.1. The monoisotopic (exact) mass is 448 g/mol.